The number of likely N-dealkylation sites (tertiary alicyclic amines) is 1. The fourth-order valence-corrected chi connectivity index (χ4v) is 2.51. The van der Waals surface area contributed by atoms with Crippen LogP contribution < -0.4 is 5.32 Å². The number of anilines is 1. The number of rotatable bonds is 3. The Balaban J connectivity index is 1.98. The number of pyridine rings is 1. The van der Waals surface area contributed by atoms with E-state index >= 15 is 0 Å². The van der Waals surface area contributed by atoms with Gasteiger partial charge in [-0.15, -0.1) is 0 Å². The Hall–Kier alpha value is -1.09. The Morgan fingerprint density at radius 3 is 2.58 bits per heavy atom. The first kappa shape index (κ1) is 14.3. The number of hydrogen-bond donors (Lipinski definition) is 1. The standard InChI is InChI=1S/C16H27N3/c1-12(16(2,3)4)13-6-7-15(17-10-13)18-14-8-9-19(5)11-14/h6-7,10,12,14H,8-9,11H2,1-5H3,(H,17,18). The number of likely N-dealkylation sites (N-methyl/N-ethyl adjacent to an activating group) is 1. The average molecular weight is 261 g/mol. The minimum Gasteiger partial charge on any atom is -0.366 e. The van der Waals surface area contributed by atoms with Gasteiger partial charge in [-0.05, 0) is 43.0 Å². The Kier molecular flexibility index (Phi) is 4.14. The zero-order valence-corrected chi connectivity index (χ0v) is 12.9. The van der Waals surface area contributed by atoms with Crippen LogP contribution in [-0.2, 0) is 0 Å². The third-order valence-corrected chi connectivity index (χ3v) is 4.33. The highest BCUT2D eigenvalue weighted by Gasteiger charge is 2.22. The summed E-state index contributed by atoms with van der Waals surface area (Å²) in [6.07, 6.45) is 3.23. The van der Waals surface area contributed by atoms with Crippen molar-refractivity contribution in [2.24, 2.45) is 5.41 Å². The largest absolute Gasteiger partial charge is 0.366 e. The first-order chi connectivity index (χ1) is 8.86. The second-order valence-corrected chi connectivity index (χ2v) is 6.96. The second kappa shape index (κ2) is 5.49. The summed E-state index contributed by atoms with van der Waals surface area (Å²) in [7, 11) is 2.17. The fraction of sp³-hybridized carbons (Fsp3) is 0.688. The summed E-state index contributed by atoms with van der Waals surface area (Å²) in [5.74, 6) is 1.52. The molecule has 0 saturated carbocycles. The van der Waals surface area contributed by atoms with Crippen LogP contribution in [0.1, 0.15) is 45.6 Å². The van der Waals surface area contributed by atoms with Crippen molar-refractivity contribution < 1.29 is 0 Å². The van der Waals surface area contributed by atoms with Crippen molar-refractivity contribution in [2.75, 3.05) is 25.5 Å². The average Bonchev–Trinajstić information content (AvgIpc) is 2.74. The van der Waals surface area contributed by atoms with Crippen LogP contribution in [-0.4, -0.2) is 36.1 Å². The van der Waals surface area contributed by atoms with Crippen molar-refractivity contribution in [3.63, 3.8) is 0 Å². The lowest BCUT2D eigenvalue weighted by Crippen LogP contribution is -2.24. The molecule has 1 aromatic rings. The van der Waals surface area contributed by atoms with Crippen molar-refractivity contribution in [2.45, 2.75) is 46.1 Å². The fourth-order valence-electron chi connectivity index (χ4n) is 2.51. The van der Waals surface area contributed by atoms with Gasteiger partial charge in [0.05, 0.1) is 0 Å². The van der Waals surface area contributed by atoms with Crippen molar-refractivity contribution in [1.82, 2.24) is 9.88 Å². The number of aromatic nitrogens is 1. The molecule has 3 heteroatoms. The molecular formula is C16H27N3. The summed E-state index contributed by atoms with van der Waals surface area (Å²) in [6, 6.07) is 4.88. The van der Waals surface area contributed by atoms with Gasteiger partial charge in [0.15, 0.2) is 0 Å². The molecule has 0 bridgehead atoms. The predicted octanol–water partition coefficient (Wildman–Crippen LogP) is 3.35. The highest BCUT2D eigenvalue weighted by atomic mass is 15.2. The maximum atomic E-state index is 4.57. The van der Waals surface area contributed by atoms with Gasteiger partial charge in [0.25, 0.3) is 0 Å². The van der Waals surface area contributed by atoms with E-state index in [4.69, 9.17) is 0 Å². The van der Waals surface area contributed by atoms with Crippen molar-refractivity contribution >= 4 is 5.82 Å². The molecule has 2 atom stereocenters. The van der Waals surface area contributed by atoms with Crippen LogP contribution in [0.4, 0.5) is 5.82 Å². The summed E-state index contributed by atoms with van der Waals surface area (Å²) >= 11 is 0. The monoisotopic (exact) mass is 261 g/mol. The van der Waals surface area contributed by atoms with Crippen molar-refractivity contribution in [3.8, 4) is 0 Å². The van der Waals surface area contributed by atoms with E-state index in [1.165, 1.54) is 18.5 Å². The zero-order chi connectivity index (χ0) is 14.0. The molecular weight excluding hydrogens is 234 g/mol. The summed E-state index contributed by atoms with van der Waals surface area (Å²) in [6.45, 7) is 11.4. The summed E-state index contributed by atoms with van der Waals surface area (Å²) in [4.78, 5) is 6.93. The third kappa shape index (κ3) is 3.69. The van der Waals surface area contributed by atoms with E-state index in [-0.39, 0.29) is 5.41 Å². The van der Waals surface area contributed by atoms with Gasteiger partial charge in [-0.1, -0.05) is 33.8 Å². The topological polar surface area (TPSA) is 28.2 Å². The lowest BCUT2D eigenvalue weighted by atomic mass is 9.78. The molecule has 1 fully saturated rings. The number of nitrogens with one attached hydrogen (secondary N) is 1. The molecule has 0 radical (unpaired) electrons. The molecule has 1 saturated heterocycles. The van der Waals surface area contributed by atoms with E-state index in [0.29, 0.717) is 12.0 Å². The van der Waals surface area contributed by atoms with Crippen LogP contribution in [0.3, 0.4) is 0 Å². The highest BCUT2D eigenvalue weighted by Crippen LogP contribution is 2.34. The molecule has 1 aliphatic heterocycles. The molecule has 1 aromatic heterocycles. The minimum atomic E-state index is 0.283. The molecule has 1 N–H and O–H groups in total. The molecule has 106 valence electrons. The van der Waals surface area contributed by atoms with Gasteiger partial charge in [0.2, 0.25) is 0 Å². The maximum Gasteiger partial charge on any atom is 0.126 e. The summed E-state index contributed by atoms with van der Waals surface area (Å²) < 4.78 is 0. The lowest BCUT2D eigenvalue weighted by molar-refractivity contribution is 0.339. The van der Waals surface area contributed by atoms with Gasteiger partial charge < -0.3 is 10.2 Å². The summed E-state index contributed by atoms with van der Waals surface area (Å²) in [5, 5.41) is 3.52. The third-order valence-electron chi connectivity index (χ3n) is 4.33. The smallest absolute Gasteiger partial charge is 0.126 e. The van der Waals surface area contributed by atoms with E-state index in [9.17, 15) is 0 Å². The first-order valence-electron chi connectivity index (χ1n) is 7.27. The van der Waals surface area contributed by atoms with Gasteiger partial charge in [0.1, 0.15) is 5.82 Å². The Morgan fingerprint density at radius 2 is 2.11 bits per heavy atom. The van der Waals surface area contributed by atoms with Crippen LogP contribution >= 0.6 is 0 Å². The van der Waals surface area contributed by atoms with Crippen molar-refractivity contribution in [3.05, 3.63) is 23.9 Å². The quantitative estimate of drug-likeness (QED) is 0.904. The Labute approximate surface area is 117 Å². The molecule has 3 nitrogen and oxygen atoms in total. The van der Waals surface area contributed by atoms with E-state index in [0.717, 1.165) is 12.4 Å². The SMILES string of the molecule is CC(c1ccc(NC2CCN(C)C2)nc1)C(C)(C)C. The van der Waals surface area contributed by atoms with Gasteiger partial charge in [0, 0.05) is 18.8 Å². The van der Waals surface area contributed by atoms with Crippen LogP contribution in [0.25, 0.3) is 0 Å². The van der Waals surface area contributed by atoms with Crippen LogP contribution in [0.15, 0.2) is 18.3 Å². The van der Waals surface area contributed by atoms with Crippen LogP contribution in [0, 0.1) is 5.41 Å². The van der Waals surface area contributed by atoms with E-state index in [1.54, 1.807) is 0 Å². The van der Waals surface area contributed by atoms with Gasteiger partial charge in [-0.2, -0.15) is 0 Å². The number of nitrogens with zero attached hydrogens (tertiary/aromatic N) is 2. The molecule has 0 aliphatic carbocycles. The van der Waals surface area contributed by atoms with Gasteiger partial charge in [-0.25, -0.2) is 4.98 Å². The summed E-state index contributed by atoms with van der Waals surface area (Å²) in [5.41, 5.74) is 1.60. The molecule has 0 spiro atoms. The van der Waals surface area contributed by atoms with Crippen molar-refractivity contribution in [1.29, 1.82) is 0 Å². The molecule has 1 aliphatic rings. The highest BCUT2D eigenvalue weighted by molar-refractivity contribution is 5.38. The molecule has 0 amide bonds. The lowest BCUT2D eigenvalue weighted by Gasteiger charge is -2.27. The molecule has 19 heavy (non-hydrogen) atoms. The molecule has 0 aromatic carbocycles. The maximum absolute atomic E-state index is 4.57. The first-order valence-corrected chi connectivity index (χ1v) is 7.27. The molecule has 2 rings (SSSR count). The van der Waals surface area contributed by atoms with Gasteiger partial charge in [-0.3, -0.25) is 0 Å². The normalized spacial score (nSPS) is 22.5. The molecule has 2 unspecified atom stereocenters. The predicted molar refractivity (Wildman–Crippen MR) is 81.6 cm³/mol. The second-order valence-electron chi connectivity index (χ2n) is 6.96. The minimum absolute atomic E-state index is 0.283. The van der Waals surface area contributed by atoms with E-state index in [1.807, 2.05) is 6.20 Å². The Bertz CT molecular complexity index is 405. The van der Waals surface area contributed by atoms with Crippen LogP contribution in [0.5, 0.6) is 0 Å². The zero-order valence-electron chi connectivity index (χ0n) is 12.9. The van der Waals surface area contributed by atoms with Gasteiger partial charge >= 0.3 is 0 Å². The Morgan fingerprint density at radius 1 is 1.37 bits per heavy atom. The molecule has 2 heterocycles. The van der Waals surface area contributed by atoms with E-state index < -0.39 is 0 Å². The van der Waals surface area contributed by atoms with E-state index in [2.05, 4.69) is 62.1 Å². The van der Waals surface area contributed by atoms with Crippen LogP contribution in [0.2, 0.25) is 0 Å². The number of hydrogen-bond acceptors (Lipinski definition) is 3.